The molecule has 2 aliphatic rings. The highest BCUT2D eigenvalue weighted by Crippen LogP contribution is 2.38. The summed E-state index contributed by atoms with van der Waals surface area (Å²) in [6, 6.07) is 1.59. The first kappa shape index (κ1) is 10.8. The van der Waals surface area contributed by atoms with Crippen molar-refractivity contribution in [1.82, 2.24) is 9.97 Å². The van der Waals surface area contributed by atoms with Gasteiger partial charge in [-0.15, -0.1) is 0 Å². The van der Waals surface area contributed by atoms with E-state index in [2.05, 4.69) is 14.9 Å². The van der Waals surface area contributed by atoms with Gasteiger partial charge in [0.05, 0.1) is 6.10 Å². The molecule has 2 heterocycles. The summed E-state index contributed by atoms with van der Waals surface area (Å²) in [6.45, 7) is 1.75. The minimum atomic E-state index is -0.0437. The van der Waals surface area contributed by atoms with Crippen molar-refractivity contribution in [3.05, 3.63) is 22.2 Å². The molecule has 1 saturated carbocycles. The standard InChI is InChI=1S/C12H17N3O2/c1-17-9-4-5-15(7-9)10-6-11(16)14-12(13-10)8-2-3-8/h6,8-9H,2-5,7H2,1H3,(H,13,14,16). The molecule has 17 heavy (non-hydrogen) atoms. The molecular weight excluding hydrogens is 218 g/mol. The van der Waals surface area contributed by atoms with Crippen LogP contribution in [-0.2, 0) is 4.74 Å². The Morgan fingerprint density at radius 3 is 2.94 bits per heavy atom. The van der Waals surface area contributed by atoms with Crippen LogP contribution < -0.4 is 10.5 Å². The van der Waals surface area contributed by atoms with E-state index in [1.54, 1.807) is 13.2 Å². The molecular formula is C12H17N3O2. The first-order valence-electron chi connectivity index (χ1n) is 6.15. The number of aromatic amines is 1. The van der Waals surface area contributed by atoms with Gasteiger partial charge in [-0.3, -0.25) is 4.79 Å². The van der Waals surface area contributed by atoms with Crippen LogP contribution in [0.5, 0.6) is 0 Å². The van der Waals surface area contributed by atoms with Crippen LogP contribution in [-0.4, -0.2) is 36.3 Å². The molecule has 0 spiro atoms. The van der Waals surface area contributed by atoms with Gasteiger partial charge in [-0.25, -0.2) is 4.98 Å². The molecule has 0 radical (unpaired) electrons. The third-order valence-corrected chi connectivity index (χ3v) is 3.51. The highest BCUT2D eigenvalue weighted by atomic mass is 16.5. The molecule has 0 bridgehead atoms. The summed E-state index contributed by atoms with van der Waals surface area (Å²) in [4.78, 5) is 21.1. The SMILES string of the molecule is COC1CCN(c2cc(=O)[nH]c(C3CC3)n2)C1. The molecule has 1 aliphatic heterocycles. The molecule has 1 unspecified atom stereocenters. The number of hydrogen-bond donors (Lipinski definition) is 1. The second-order valence-electron chi connectivity index (χ2n) is 4.86. The van der Waals surface area contributed by atoms with E-state index in [1.807, 2.05) is 0 Å². The van der Waals surface area contributed by atoms with Crippen molar-refractivity contribution in [1.29, 1.82) is 0 Å². The Labute approximate surface area is 99.8 Å². The van der Waals surface area contributed by atoms with Crippen molar-refractivity contribution in [2.45, 2.75) is 31.3 Å². The summed E-state index contributed by atoms with van der Waals surface area (Å²) < 4.78 is 5.33. The maximum absolute atomic E-state index is 11.6. The third-order valence-electron chi connectivity index (χ3n) is 3.51. The van der Waals surface area contributed by atoms with Crippen LogP contribution in [0.4, 0.5) is 5.82 Å². The Hall–Kier alpha value is -1.36. The van der Waals surface area contributed by atoms with Crippen LogP contribution in [0.2, 0.25) is 0 Å². The molecule has 0 amide bonds. The second-order valence-corrected chi connectivity index (χ2v) is 4.86. The highest BCUT2D eigenvalue weighted by Gasteiger charge is 2.28. The number of aromatic nitrogens is 2. The quantitative estimate of drug-likeness (QED) is 0.844. The van der Waals surface area contributed by atoms with Crippen LogP contribution in [0, 0.1) is 0 Å². The average Bonchev–Trinajstić information content (AvgIpc) is 3.06. The van der Waals surface area contributed by atoms with Crippen molar-refractivity contribution in [2.24, 2.45) is 0 Å². The van der Waals surface area contributed by atoms with E-state index < -0.39 is 0 Å². The molecule has 3 rings (SSSR count). The summed E-state index contributed by atoms with van der Waals surface area (Å²) in [7, 11) is 1.73. The summed E-state index contributed by atoms with van der Waals surface area (Å²) in [5.74, 6) is 2.13. The van der Waals surface area contributed by atoms with Gasteiger partial charge in [-0.1, -0.05) is 0 Å². The Morgan fingerprint density at radius 2 is 2.29 bits per heavy atom. The van der Waals surface area contributed by atoms with Crippen LogP contribution in [0.1, 0.15) is 31.0 Å². The molecule has 1 N–H and O–H groups in total. The number of nitrogens with zero attached hydrogens (tertiary/aromatic N) is 2. The van der Waals surface area contributed by atoms with Gasteiger partial charge in [0, 0.05) is 32.2 Å². The lowest BCUT2D eigenvalue weighted by Gasteiger charge is -2.17. The van der Waals surface area contributed by atoms with Crippen LogP contribution in [0.3, 0.4) is 0 Å². The van der Waals surface area contributed by atoms with Crippen molar-refractivity contribution < 1.29 is 4.74 Å². The van der Waals surface area contributed by atoms with Gasteiger partial charge in [0.2, 0.25) is 0 Å². The summed E-state index contributed by atoms with van der Waals surface area (Å²) in [6.07, 6.45) is 3.56. The maximum atomic E-state index is 11.6. The number of nitrogens with one attached hydrogen (secondary N) is 1. The number of rotatable bonds is 3. The number of anilines is 1. The van der Waals surface area contributed by atoms with Crippen molar-refractivity contribution in [3.63, 3.8) is 0 Å². The first-order chi connectivity index (χ1) is 8.26. The van der Waals surface area contributed by atoms with Gasteiger partial charge < -0.3 is 14.6 Å². The molecule has 1 aromatic heterocycles. The van der Waals surface area contributed by atoms with Gasteiger partial charge in [-0.05, 0) is 19.3 Å². The van der Waals surface area contributed by atoms with E-state index in [0.717, 1.165) is 44.0 Å². The molecule has 1 aliphatic carbocycles. The lowest BCUT2D eigenvalue weighted by Crippen LogP contribution is -2.25. The minimum Gasteiger partial charge on any atom is -0.380 e. The molecule has 92 valence electrons. The first-order valence-corrected chi connectivity index (χ1v) is 6.15. The summed E-state index contributed by atoms with van der Waals surface area (Å²) in [5.41, 5.74) is -0.0437. The molecule has 5 heteroatoms. The van der Waals surface area contributed by atoms with E-state index in [-0.39, 0.29) is 11.7 Å². The van der Waals surface area contributed by atoms with Crippen LogP contribution in [0.25, 0.3) is 0 Å². The van der Waals surface area contributed by atoms with Gasteiger partial charge in [0.25, 0.3) is 5.56 Å². The fourth-order valence-corrected chi connectivity index (χ4v) is 2.30. The zero-order valence-electron chi connectivity index (χ0n) is 9.98. The molecule has 5 nitrogen and oxygen atoms in total. The normalized spacial score (nSPS) is 24.3. The Bertz CT molecular complexity index is 467. The van der Waals surface area contributed by atoms with Crippen molar-refractivity contribution >= 4 is 5.82 Å². The lowest BCUT2D eigenvalue weighted by atomic mass is 10.3. The Balaban J connectivity index is 1.85. The largest absolute Gasteiger partial charge is 0.380 e. The maximum Gasteiger partial charge on any atom is 0.252 e. The summed E-state index contributed by atoms with van der Waals surface area (Å²) in [5, 5.41) is 0. The van der Waals surface area contributed by atoms with Crippen LogP contribution in [0.15, 0.2) is 10.9 Å². The number of methoxy groups -OCH3 is 1. The molecule has 1 aromatic rings. The number of hydrogen-bond acceptors (Lipinski definition) is 4. The second kappa shape index (κ2) is 4.14. The van der Waals surface area contributed by atoms with Crippen LogP contribution >= 0.6 is 0 Å². The zero-order chi connectivity index (χ0) is 11.8. The van der Waals surface area contributed by atoms with E-state index >= 15 is 0 Å². The van der Waals surface area contributed by atoms with Crippen molar-refractivity contribution in [3.8, 4) is 0 Å². The average molecular weight is 235 g/mol. The lowest BCUT2D eigenvalue weighted by molar-refractivity contribution is 0.121. The molecule has 1 saturated heterocycles. The Kier molecular flexibility index (Phi) is 2.63. The van der Waals surface area contributed by atoms with Crippen molar-refractivity contribution in [2.75, 3.05) is 25.1 Å². The van der Waals surface area contributed by atoms with Gasteiger partial charge in [0.1, 0.15) is 11.6 Å². The van der Waals surface area contributed by atoms with E-state index in [9.17, 15) is 4.79 Å². The monoisotopic (exact) mass is 235 g/mol. The van der Waals surface area contributed by atoms with E-state index in [0.29, 0.717) is 5.92 Å². The predicted octanol–water partition coefficient (Wildman–Crippen LogP) is 0.872. The molecule has 2 fully saturated rings. The molecule has 1 atom stereocenters. The topological polar surface area (TPSA) is 58.2 Å². The minimum absolute atomic E-state index is 0.0437. The van der Waals surface area contributed by atoms with Gasteiger partial charge in [-0.2, -0.15) is 0 Å². The predicted molar refractivity (Wildman–Crippen MR) is 64.5 cm³/mol. The van der Waals surface area contributed by atoms with E-state index in [4.69, 9.17) is 4.74 Å². The molecule has 0 aromatic carbocycles. The van der Waals surface area contributed by atoms with Gasteiger partial charge in [0.15, 0.2) is 0 Å². The number of ether oxygens (including phenoxy) is 1. The Morgan fingerprint density at radius 1 is 1.47 bits per heavy atom. The smallest absolute Gasteiger partial charge is 0.252 e. The third kappa shape index (κ3) is 2.20. The fourth-order valence-electron chi connectivity index (χ4n) is 2.30. The van der Waals surface area contributed by atoms with Gasteiger partial charge >= 0.3 is 0 Å². The number of H-pyrrole nitrogens is 1. The summed E-state index contributed by atoms with van der Waals surface area (Å²) >= 11 is 0. The fraction of sp³-hybridized carbons (Fsp3) is 0.667. The zero-order valence-corrected chi connectivity index (χ0v) is 9.98. The highest BCUT2D eigenvalue weighted by molar-refractivity contribution is 5.39. The van der Waals surface area contributed by atoms with E-state index in [1.165, 1.54) is 0 Å².